The van der Waals surface area contributed by atoms with Gasteiger partial charge in [0, 0.05) is 19.2 Å². The summed E-state index contributed by atoms with van der Waals surface area (Å²) in [5, 5.41) is 6.41. The maximum atomic E-state index is 11.8. The van der Waals surface area contributed by atoms with E-state index in [0.717, 1.165) is 32.5 Å². The van der Waals surface area contributed by atoms with E-state index < -0.39 is 5.60 Å². The molecule has 0 spiro atoms. The van der Waals surface area contributed by atoms with Gasteiger partial charge in [-0.2, -0.15) is 0 Å². The summed E-state index contributed by atoms with van der Waals surface area (Å²) in [6, 6.07) is 0.172. The molecule has 2 heterocycles. The van der Waals surface area contributed by atoms with Crippen molar-refractivity contribution in [3.8, 4) is 0 Å². The number of carbonyl (C=O) groups is 1. The second kappa shape index (κ2) is 6.76. The Kier molecular flexibility index (Phi) is 5.27. The molecule has 0 aromatic heterocycles. The second-order valence-electron chi connectivity index (χ2n) is 6.88. The lowest BCUT2D eigenvalue weighted by Crippen LogP contribution is -2.48. The van der Waals surface area contributed by atoms with E-state index >= 15 is 0 Å². The number of ether oxygens (including phenoxy) is 2. The standard InChI is InChI=1S/C15H28N2O3/c1-15(2,3)20-14(18)17-12-6-8-19-13(9-12)11-5-4-7-16-10-11/h11-13,16H,4-10H2,1-3H3,(H,17,18)/t11-,12-,13+/m1/s1. The topological polar surface area (TPSA) is 59.6 Å². The van der Waals surface area contributed by atoms with Crippen molar-refractivity contribution in [3.63, 3.8) is 0 Å². The zero-order chi connectivity index (χ0) is 14.6. The number of amides is 1. The third-order valence-electron chi connectivity index (χ3n) is 3.90. The fraction of sp³-hybridized carbons (Fsp3) is 0.933. The van der Waals surface area contributed by atoms with Gasteiger partial charge in [0.25, 0.3) is 0 Å². The highest BCUT2D eigenvalue weighted by Crippen LogP contribution is 2.25. The third kappa shape index (κ3) is 4.94. The number of hydrogen-bond acceptors (Lipinski definition) is 4. The lowest BCUT2D eigenvalue weighted by Gasteiger charge is -2.37. The van der Waals surface area contributed by atoms with Crippen molar-refractivity contribution < 1.29 is 14.3 Å². The van der Waals surface area contributed by atoms with Gasteiger partial charge >= 0.3 is 6.09 Å². The van der Waals surface area contributed by atoms with E-state index in [2.05, 4.69) is 10.6 Å². The average Bonchev–Trinajstić information content (AvgIpc) is 2.38. The molecule has 2 rings (SSSR count). The Morgan fingerprint density at radius 2 is 2.15 bits per heavy atom. The zero-order valence-electron chi connectivity index (χ0n) is 12.9. The molecule has 0 radical (unpaired) electrons. The maximum absolute atomic E-state index is 11.8. The van der Waals surface area contributed by atoms with Crippen LogP contribution in [0, 0.1) is 5.92 Å². The van der Waals surface area contributed by atoms with E-state index in [1.807, 2.05) is 20.8 Å². The fourth-order valence-corrected chi connectivity index (χ4v) is 2.96. The van der Waals surface area contributed by atoms with Crippen molar-refractivity contribution in [2.75, 3.05) is 19.7 Å². The van der Waals surface area contributed by atoms with Crippen LogP contribution in [0.2, 0.25) is 0 Å². The molecule has 2 N–H and O–H groups in total. The molecule has 116 valence electrons. The third-order valence-corrected chi connectivity index (χ3v) is 3.90. The quantitative estimate of drug-likeness (QED) is 0.815. The summed E-state index contributed by atoms with van der Waals surface area (Å²) in [5.74, 6) is 0.576. The first-order valence-electron chi connectivity index (χ1n) is 7.76. The van der Waals surface area contributed by atoms with E-state index in [0.29, 0.717) is 5.92 Å². The minimum Gasteiger partial charge on any atom is -0.444 e. The minimum atomic E-state index is -0.443. The van der Waals surface area contributed by atoms with Gasteiger partial charge < -0.3 is 20.1 Å². The van der Waals surface area contributed by atoms with Crippen LogP contribution in [-0.4, -0.2) is 43.5 Å². The number of rotatable bonds is 2. The van der Waals surface area contributed by atoms with E-state index in [1.165, 1.54) is 12.8 Å². The number of carbonyl (C=O) groups excluding carboxylic acids is 1. The van der Waals surface area contributed by atoms with Crippen LogP contribution < -0.4 is 10.6 Å². The van der Waals surface area contributed by atoms with Crippen LogP contribution in [0.25, 0.3) is 0 Å². The summed E-state index contributed by atoms with van der Waals surface area (Å²) in [6.45, 7) is 8.52. The maximum Gasteiger partial charge on any atom is 0.407 e. The normalized spacial score (nSPS) is 31.6. The molecule has 5 heteroatoms. The van der Waals surface area contributed by atoms with Gasteiger partial charge in [0.15, 0.2) is 0 Å². The Hall–Kier alpha value is -0.810. The minimum absolute atomic E-state index is 0.172. The largest absolute Gasteiger partial charge is 0.444 e. The van der Waals surface area contributed by atoms with E-state index in [1.54, 1.807) is 0 Å². The Morgan fingerprint density at radius 1 is 1.35 bits per heavy atom. The molecule has 2 fully saturated rings. The number of nitrogens with one attached hydrogen (secondary N) is 2. The summed E-state index contributed by atoms with van der Waals surface area (Å²) in [4.78, 5) is 11.8. The summed E-state index contributed by atoms with van der Waals surface area (Å²) in [7, 11) is 0. The van der Waals surface area contributed by atoms with Crippen LogP contribution in [0.3, 0.4) is 0 Å². The summed E-state index contributed by atoms with van der Waals surface area (Å²) >= 11 is 0. The van der Waals surface area contributed by atoms with Crippen molar-refractivity contribution >= 4 is 6.09 Å². The van der Waals surface area contributed by atoms with Crippen molar-refractivity contribution in [3.05, 3.63) is 0 Å². The molecule has 0 bridgehead atoms. The number of hydrogen-bond donors (Lipinski definition) is 2. The van der Waals surface area contributed by atoms with Crippen molar-refractivity contribution in [2.24, 2.45) is 5.92 Å². The van der Waals surface area contributed by atoms with Crippen LogP contribution >= 0.6 is 0 Å². The molecule has 0 aromatic carbocycles. The predicted octanol–water partition coefficient (Wildman–Crippen LogP) is 2.06. The van der Waals surface area contributed by atoms with Gasteiger partial charge in [-0.3, -0.25) is 0 Å². The van der Waals surface area contributed by atoms with Gasteiger partial charge in [-0.1, -0.05) is 0 Å². The van der Waals surface area contributed by atoms with Crippen LogP contribution in [0.1, 0.15) is 46.5 Å². The highest BCUT2D eigenvalue weighted by molar-refractivity contribution is 5.68. The molecule has 0 unspecified atom stereocenters. The molecule has 2 aliphatic rings. The predicted molar refractivity (Wildman–Crippen MR) is 77.7 cm³/mol. The molecule has 5 nitrogen and oxygen atoms in total. The fourth-order valence-electron chi connectivity index (χ4n) is 2.96. The Bertz CT molecular complexity index is 322. The Labute approximate surface area is 121 Å². The van der Waals surface area contributed by atoms with Gasteiger partial charge in [-0.25, -0.2) is 4.79 Å². The van der Waals surface area contributed by atoms with Crippen LogP contribution in [-0.2, 0) is 9.47 Å². The average molecular weight is 284 g/mol. The van der Waals surface area contributed by atoms with Gasteiger partial charge in [0.2, 0.25) is 0 Å². The molecule has 0 aromatic rings. The zero-order valence-corrected chi connectivity index (χ0v) is 12.9. The molecule has 20 heavy (non-hydrogen) atoms. The first-order valence-corrected chi connectivity index (χ1v) is 7.76. The summed E-state index contributed by atoms with van der Waals surface area (Å²) in [6.07, 6.45) is 4.15. The molecule has 2 aliphatic heterocycles. The molecule has 3 atom stereocenters. The van der Waals surface area contributed by atoms with Crippen LogP contribution in [0.15, 0.2) is 0 Å². The molecular formula is C15H28N2O3. The Morgan fingerprint density at radius 3 is 2.80 bits per heavy atom. The highest BCUT2D eigenvalue weighted by Gasteiger charge is 2.31. The molecule has 0 saturated carbocycles. The number of alkyl carbamates (subject to hydrolysis) is 1. The van der Waals surface area contributed by atoms with Crippen LogP contribution in [0.5, 0.6) is 0 Å². The van der Waals surface area contributed by atoms with Gasteiger partial charge in [-0.05, 0) is 58.9 Å². The smallest absolute Gasteiger partial charge is 0.407 e. The lowest BCUT2D eigenvalue weighted by atomic mass is 9.88. The SMILES string of the molecule is CC(C)(C)OC(=O)N[C@@H]1CCO[C@H]([C@@H]2CCCNC2)C1. The summed E-state index contributed by atoms with van der Waals surface area (Å²) < 4.78 is 11.2. The Balaban J connectivity index is 1.79. The molecule has 2 saturated heterocycles. The monoisotopic (exact) mass is 284 g/mol. The van der Waals surface area contributed by atoms with E-state index in [4.69, 9.17) is 9.47 Å². The van der Waals surface area contributed by atoms with Crippen molar-refractivity contribution in [1.29, 1.82) is 0 Å². The molecular weight excluding hydrogens is 256 g/mol. The first kappa shape index (κ1) is 15.6. The van der Waals surface area contributed by atoms with E-state index in [9.17, 15) is 4.79 Å². The van der Waals surface area contributed by atoms with Crippen molar-refractivity contribution in [2.45, 2.75) is 64.2 Å². The van der Waals surface area contributed by atoms with Gasteiger partial charge in [0.05, 0.1) is 6.10 Å². The molecule has 1 amide bonds. The highest BCUT2D eigenvalue weighted by atomic mass is 16.6. The lowest BCUT2D eigenvalue weighted by molar-refractivity contribution is -0.0393. The number of piperidine rings is 1. The summed E-state index contributed by atoms with van der Waals surface area (Å²) in [5.41, 5.74) is -0.443. The van der Waals surface area contributed by atoms with Crippen LogP contribution in [0.4, 0.5) is 4.79 Å². The van der Waals surface area contributed by atoms with Gasteiger partial charge in [0.1, 0.15) is 5.60 Å². The van der Waals surface area contributed by atoms with Crippen molar-refractivity contribution in [1.82, 2.24) is 10.6 Å². The first-order chi connectivity index (χ1) is 9.44. The molecule has 0 aliphatic carbocycles. The second-order valence-corrected chi connectivity index (χ2v) is 6.88. The van der Waals surface area contributed by atoms with E-state index in [-0.39, 0.29) is 18.2 Å². The van der Waals surface area contributed by atoms with Gasteiger partial charge in [-0.15, -0.1) is 0 Å².